The Bertz CT molecular complexity index is 1110. The normalized spacial score (nSPS) is 12.7. The standard InChI is InChI=1S/C22H22F3N3O2/c1-3-14(2)28(13-19-26-18-10-5-4-9-17(18)21(30)27-19)20(29)12-15-7-6-8-16(11-15)22(23,24)25/h4-11,14H,3,12-13H2,1-2H3,(H,26,27,30)/t14-/m1/s1. The minimum Gasteiger partial charge on any atom is -0.332 e. The summed E-state index contributed by atoms with van der Waals surface area (Å²) in [5.41, 5.74) is -0.290. The molecule has 8 heteroatoms. The fourth-order valence-corrected chi connectivity index (χ4v) is 3.22. The Morgan fingerprint density at radius 3 is 2.60 bits per heavy atom. The predicted octanol–water partition coefficient (Wildman–Crippen LogP) is 4.31. The highest BCUT2D eigenvalue weighted by Gasteiger charge is 2.30. The molecule has 0 bridgehead atoms. The first kappa shape index (κ1) is 21.5. The van der Waals surface area contributed by atoms with Crippen molar-refractivity contribution in [1.29, 1.82) is 0 Å². The van der Waals surface area contributed by atoms with E-state index in [0.717, 1.165) is 12.1 Å². The Balaban J connectivity index is 1.86. The number of nitrogens with zero attached hydrogens (tertiary/aromatic N) is 2. The molecule has 1 N–H and O–H groups in total. The van der Waals surface area contributed by atoms with Crippen molar-refractivity contribution in [3.05, 3.63) is 75.8 Å². The van der Waals surface area contributed by atoms with E-state index in [4.69, 9.17) is 0 Å². The Morgan fingerprint density at radius 1 is 1.17 bits per heavy atom. The second kappa shape index (κ2) is 8.69. The van der Waals surface area contributed by atoms with Gasteiger partial charge in [0.05, 0.1) is 29.4 Å². The first-order valence-electron chi connectivity index (χ1n) is 9.62. The smallest absolute Gasteiger partial charge is 0.332 e. The van der Waals surface area contributed by atoms with Crippen LogP contribution in [0.3, 0.4) is 0 Å². The van der Waals surface area contributed by atoms with Gasteiger partial charge in [-0.3, -0.25) is 9.59 Å². The molecule has 0 saturated carbocycles. The van der Waals surface area contributed by atoms with Crippen LogP contribution in [0.1, 0.15) is 37.2 Å². The van der Waals surface area contributed by atoms with Gasteiger partial charge in [-0.15, -0.1) is 0 Å². The topological polar surface area (TPSA) is 66.1 Å². The zero-order valence-electron chi connectivity index (χ0n) is 16.7. The van der Waals surface area contributed by atoms with E-state index in [1.807, 2.05) is 13.8 Å². The molecule has 1 heterocycles. The Hall–Kier alpha value is -3.16. The number of benzene rings is 2. The number of nitrogens with one attached hydrogen (secondary N) is 1. The molecule has 0 unspecified atom stereocenters. The molecule has 0 aliphatic carbocycles. The van der Waals surface area contributed by atoms with Gasteiger partial charge in [0.15, 0.2) is 0 Å². The van der Waals surface area contributed by atoms with E-state index >= 15 is 0 Å². The second-order valence-corrected chi connectivity index (χ2v) is 7.18. The Morgan fingerprint density at radius 2 is 1.90 bits per heavy atom. The number of H-pyrrole nitrogens is 1. The fraction of sp³-hybridized carbons (Fsp3) is 0.318. The lowest BCUT2D eigenvalue weighted by molar-refractivity contribution is -0.138. The van der Waals surface area contributed by atoms with Crippen molar-refractivity contribution >= 4 is 16.8 Å². The average Bonchev–Trinajstić information content (AvgIpc) is 2.71. The number of rotatable bonds is 6. The largest absolute Gasteiger partial charge is 0.416 e. The summed E-state index contributed by atoms with van der Waals surface area (Å²) in [5.74, 6) is -0.00382. The number of hydrogen-bond acceptors (Lipinski definition) is 3. The van der Waals surface area contributed by atoms with Gasteiger partial charge >= 0.3 is 6.18 Å². The molecule has 0 spiro atoms. The van der Waals surface area contributed by atoms with Crippen LogP contribution in [-0.2, 0) is 23.9 Å². The van der Waals surface area contributed by atoms with Crippen LogP contribution in [0.5, 0.6) is 0 Å². The van der Waals surface area contributed by atoms with Crippen molar-refractivity contribution in [3.8, 4) is 0 Å². The third kappa shape index (κ3) is 4.87. The van der Waals surface area contributed by atoms with Crippen LogP contribution in [-0.4, -0.2) is 26.8 Å². The summed E-state index contributed by atoms with van der Waals surface area (Å²) < 4.78 is 38.9. The second-order valence-electron chi connectivity index (χ2n) is 7.18. The minimum absolute atomic E-state index is 0.0624. The number of hydrogen-bond donors (Lipinski definition) is 1. The number of para-hydroxylation sites is 1. The monoisotopic (exact) mass is 417 g/mol. The first-order valence-corrected chi connectivity index (χ1v) is 9.62. The Labute approximate surface area is 171 Å². The van der Waals surface area contributed by atoms with Crippen molar-refractivity contribution in [2.24, 2.45) is 0 Å². The van der Waals surface area contributed by atoms with Crippen LogP contribution >= 0.6 is 0 Å². The summed E-state index contributed by atoms with van der Waals surface area (Å²) in [5, 5.41) is 0.451. The van der Waals surface area contributed by atoms with E-state index in [1.165, 1.54) is 17.0 Å². The summed E-state index contributed by atoms with van der Waals surface area (Å²) in [6.07, 6.45) is -4.00. The summed E-state index contributed by atoms with van der Waals surface area (Å²) in [6, 6.07) is 11.5. The molecule has 3 aromatic rings. The molecule has 5 nitrogen and oxygen atoms in total. The number of halogens is 3. The van der Waals surface area contributed by atoms with Gasteiger partial charge in [-0.05, 0) is 37.1 Å². The molecule has 0 fully saturated rings. The number of carbonyl (C=O) groups excluding carboxylic acids is 1. The molecule has 158 valence electrons. The molecule has 30 heavy (non-hydrogen) atoms. The third-order valence-corrected chi connectivity index (χ3v) is 5.03. The maximum absolute atomic E-state index is 13.0. The lowest BCUT2D eigenvalue weighted by Crippen LogP contribution is -2.39. The van der Waals surface area contributed by atoms with E-state index in [-0.39, 0.29) is 36.0 Å². The van der Waals surface area contributed by atoms with E-state index in [0.29, 0.717) is 23.1 Å². The number of amides is 1. The van der Waals surface area contributed by atoms with Gasteiger partial charge in [0.25, 0.3) is 5.56 Å². The summed E-state index contributed by atoms with van der Waals surface area (Å²) in [4.78, 5) is 33.9. The molecule has 2 aromatic carbocycles. The summed E-state index contributed by atoms with van der Waals surface area (Å²) >= 11 is 0. The molecule has 1 aromatic heterocycles. The quantitative estimate of drug-likeness (QED) is 0.650. The fourth-order valence-electron chi connectivity index (χ4n) is 3.22. The van der Waals surface area contributed by atoms with Crippen LogP contribution in [0.15, 0.2) is 53.3 Å². The summed E-state index contributed by atoms with van der Waals surface area (Å²) in [6.45, 7) is 3.82. The summed E-state index contributed by atoms with van der Waals surface area (Å²) in [7, 11) is 0. The molecule has 0 radical (unpaired) electrons. The van der Waals surface area contributed by atoms with E-state index < -0.39 is 11.7 Å². The van der Waals surface area contributed by atoms with Crippen LogP contribution in [0.4, 0.5) is 13.2 Å². The average molecular weight is 417 g/mol. The number of aromatic nitrogens is 2. The SMILES string of the molecule is CC[C@@H](C)N(Cc1nc2ccccc2c(=O)[nH]1)C(=O)Cc1cccc(C(F)(F)F)c1. The third-order valence-electron chi connectivity index (χ3n) is 5.03. The molecular weight excluding hydrogens is 395 g/mol. The van der Waals surface area contributed by atoms with Gasteiger partial charge in [-0.25, -0.2) is 4.98 Å². The highest BCUT2D eigenvalue weighted by atomic mass is 19.4. The lowest BCUT2D eigenvalue weighted by atomic mass is 10.1. The van der Waals surface area contributed by atoms with Crippen molar-refractivity contribution in [2.75, 3.05) is 0 Å². The zero-order chi connectivity index (χ0) is 21.9. The maximum atomic E-state index is 13.0. The van der Waals surface area contributed by atoms with Crippen LogP contribution in [0, 0.1) is 0 Å². The molecule has 1 atom stereocenters. The van der Waals surface area contributed by atoms with Gasteiger partial charge in [-0.2, -0.15) is 13.2 Å². The van der Waals surface area contributed by atoms with Gasteiger partial charge < -0.3 is 9.88 Å². The van der Waals surface area contributed by atoms with Crippen LogP contribution in [0.2, 0.25) is 0 Å². The number of alkyl halides is 3. The van der Waals surface area contributed by atoms with Gasteiger partial charge in [0.1, 0.15) is 5.82 Å². The predicted molar refractivity (Wildman–Crippen MR) is 108 cm³/mol. The van der Waals surface area contributed by atoms with E-state index in [9.17, 15) is 22.8 Å². The molecule has 3 rings (SSSR count). The van der Waals surface area contributed by atoms with E-state index in [1.54, 1.807) is 24.3 Å². The van der Waals surface area contributed by atoms with E-state index in [2.05, 4.69) is 9.97 Å². The molecular formula is C22H22F3N3O2. The Kier molecular flexibility index (Phi) is 6.24. The first-order chi connectivity index (χ1) is 14.2. The maximum Gasteiger partial charge on any atom is 0.416 e. The highest BCUT2D eigenvalue weighted by Crippen LogP contribution is 2.29. The molecule has 0 aliphatic rings. The van der Waals surface area contributed by atoms with Crippen molar-refractivity contribution in [3.63, 3.8) is 0 Å². The number of carbonyl (C=O) groups is 1. The van der Waals surface area contributed by atoms with Crippen molar-refractivity contribution < 1.29 is 18.0 Å². The highest BCUT2D eigenvalue weighted by molar-refractivity contribution is 5.79. The van der Waals surface area contributed by atoms with Crippen LogP contribution < -0.4 is 5.56 Å². The molecule has 1 amide bonds. The number of fused-ring (bicyclic) bond motifs is 1. The van der Waals surface area contributed by atoms with Gasteiger partial charge in [-0.1, -0.05) is 37.3 Å². The van der Waals surface area contributed by atoms with Gasteiger partial charge in [0, 0.05) is 6.04 Å². The lowest BCUT2D eigenvalue weighted by Gasteiger charge is -2.28. The van der Waals surface area contributed by atoms with Gasteiger partial charge in [0.2, 0.25) is 5.91 Å². The number of aromatic amines is 1. The van der Waals surface area contributed by atoms with Crippen LogP contribution in [0.25, 0.3) is 10.9 Å². The molecule has 0 saturated heterocycles. The van der Waals surface area contributed by atoms with Crippen molar-refractivity contribution in [2.45, 2.75) is 45.5 Å². The minimum atomic E-state index is -4.47. The molecule has 0 aliphatic heterocycles. The zero-order valence-corrected chi connectivity index (χ0v) is 16.7. The van der Waals surface area contributed by atoms with Crippen molar-refractivity contribution in [1.82, 2.24) is 14.9 Å².